The first-order valence-electron chi connectivity index (χ1n) is 8.53. The molecule has 1 aliphatic heterocycles. The number of nitrogens with one attached hydrogen (secondary N) is 2. The average Bonchev–Trinajstić information content (AvgIpc) is 3.22. The Balaban J connectivity index is 1.59. The Morgan fingerprint density at radius 1 is 1.46 bits per heavy atom. The Morgan fingerprint density at radius 3 is 3.00 bits per heavy atom. The summed E-state index contributed by atoms with van der Waals surface area (Å²) < 4.78 is 5.50. The molecule has 1 fully saturated rings. The van der Waals surface area contributed by atoms with Gasteiger partial charge in [0.2, 0.25) is 0 Å². The minimum Gasteiger partial charge on any atom is -0.376 e. The fourth-order valence-electron chi connectivity index (χ4n) is 2.50. The van der Waals surface area contributed by atoms with E-state index in [1.165, 1.54) is 12.3 Å². The minimum atomic E-state index is -0.441. The lowest BCUT2D eigenvalue weighted by Gasteiger charge is -2.11. The van der Waals surface area contributed by atoms with Gasteiger partial charge in [0, 0.05) is 37.2 Å². The number of nitro groups is 1. The third-order valence-electron chi connectivity index (χ3n) is 3.82. The number of benzene rings is 1. The van der Waals surface area contributed by atoms with Crippen molar-refractivity contribution in [2.75, 3.05) is 13.2 Å². The molecule has 28 heavy (non-hydrogen) atoms. The number of aromatic nitrogens is 2. The molecule has 146 valence electrons. The van der Waals surface area contributed by atoms with Crippen LogP contribution in [0.2, 0.25) is 0 Å². The summed E-state index contributed by atoms with van der Waals surface area (Å²) in [5.41, 5.74) is 3.23. The van der Waals surface area contributed by atoms with Gasteiger partial charge in [0.15, 0.2) is 10.3 Å². The molecule has 3 rings (SSSR count). The summed E-state index contributed by atoms with van der Waals surface area (Å²) in [6.45, 7) is 1.41. The number of nitro benzene ring substituents is 1. The standard InChI is InChI=1S/C17H18N6O3S2/c24-23(25)14-9-12(4-5-15(14)28-17-18-6-2-7-19-17)10-21-22-16(27)20-11-13-3-1-8-26-13/h2,4-7,9-10,13H,1,3,8,11H2,(H2,20,22,27)/b21-10-. The van der Waals surface area contributed by atoms with Crippen LogP contribution in [0.5, 0.6) is 0 Å². The molecule has 1 saturated heterocycles. The zero-order valence-electron chi connectivity index (χ0n) is 14.8. The molecule has 0 bridgehead atoms. The highest BCUT2D eigenvalue weighted by molar-refractivity contribution is 7.99. The van der Waals surface area contributed by atoms with Gasteiger partial charge in [0.05, 0.1) is 22.1 Å². The molecule has 1 aromatic carbocycles. The number of rotatable bonds is 7. The zero-order chi connectivity index (χ0) is 19.8. The van der Waals surface area contributed by atoms with Crippen molar-refractivity contribution in [2.24, 2.45) is 5.10 Å². The molecule has 2 N–H and O–H groups in total. The van der Waals surface area contributed by atoms with Crippen LogP contribution in [-0.2, 0) is 4.74 Å². The predicted octanol–water partition coefficient (Wildman–Crippen LogP) is 2.51. The lowest BCUT2D eigenvalue weighted by atomic mass is 10.2. The Labute approximate surface area is 171 Å². The number of hydrazone groups is 1. The summed E-state index contributed by atoms with van der Waals surface area (Å²) in [5.74, 6) is 0. The summed E-state index contributed by atoms with van der Waals surface area (Å²) in [6, 6.07) is 6.51. The van der Waals surface area contributed by atoms with Crippen LogP contribution in [0.1, 0.15) is 18.4 Å². The summed E-state index contributed by atoms with van der Waals surface area (Å²) in [5, 5.41) is 19.3. The van der Waals surface area contributed by atoms with E-state index in [-0.39, 0.29) is 11.8 Å². The van der Waals surface area contributed by atoms with Crippen LogP contribution in [0.25, 0.3) is 0 Å². The molecule has 0 spiro atoms. The fraction of sp³-hybridized carbons (Fsp3) is 0.294. The van der Waals surface area contributed by atoms with Crippen molar-refractivity contribution >= 4 is 41.0 Å². The van der Waals surface area contributed by atoms with Crippen molar-refractivity contribution < 1.29 is 9.66 Å². The largest absolute Gasteiger partial charge is 0.376 e. The predicted molar refractivity (Wildman–Crippen MR) is 110 cm³/mol. The van der Waals surface area contributed by atoms with E-state index in [1.54, 1.807) is 30.6 Å². The molecule has 9 nitrogen and oxygen atoms in total. The molecule has 1 unspecified atom stereocenters. The number of nitrogens with zero attached hydrogens (tertiary/aromatic N) is 4. The first kappa shape index (κ1) is 20.1. The zero-order valence-corrected chi connectivity index (χ0v) is 16.4. The molecule has 11 heteroatoms. The number of thiocarbonyl (C=S) groups is 1. The normalized spacial score (nSPS) is 16.2. The molecule has 2 heterocycles. The van der Waals surface area contributed by atoms with Crippen molar-refractivity contribution in [1.29, 1.82) is 0 Å². The van der Waals surface area contributed by atoms with Crippen LogP contribution >= 0.6 is 24.0 Å². The second-order valence-corrected chi connectivity index (χ2v) is 7.25. The summed E-state index contributed by atoms with van der Waals surface area (Å²) in [6.07, 6.45) is 6.90. The number of hydrogen-bond donors (Lipinski definition) is 2. The maximum Gasteiger partial charge on any atom is 0.283 e. The third kappa shape index (κ3) is 5.94. The molecule has 1 aliphatic rings. The fourth-order valence-corrected chi connectivity index (χ4v) is 3.43. The van der Waals surface area contributed by atoms with E-state index in [0.717, 1.165) is 31.2 Å². The molecule has 1 aromatic heterocycles. The van der Waals surface area contributed by atoms with Crippen molar-refractivity contribution in [3.63, 3.8) is 0 Å². The molecular weight excluding hydrogens is 400 g/mol. The Morgan fingerprint density at radius 2 is 2.29 bits per heavy atom. The molecule has 2 aromatic rings. The highest BCUT2D eigenvalue weighted by Gasteiger charge is 2.17. The van der Waals surface area contributed by atoms with Crippen molar-refractivity contribution in [3.8, 4) is 0 Å². The topological polar surface area (TPSA) is 115 Å². The van der Waals surface area contributed by atoms with Gasteiger partial charge in [-0.15, -0.1) is 0 Å². The van der Waals surface area contributed by atoms with Gasteiger partial charge in [-0.25, -0.2) is 9.97 Å². The van der Waals surface area contributed by atoms with Gasteiger partial charge in [-0.1, -0.05) is 6.07 Å². The van der Waals surface area contributed by atoms with Gasteiger partial charge < -0.3 is 10.1 Å². The number of ether oxygens (including phenoxy) is 1. The maximum absolute atomic E-state index is 11.4. The highest BCUT2D eigenvalue weighted by Crippen LogP contribution is 2.33. The van der Waals surface area contributed by atoms with Gasteiger partial charge in [-0.3, -0.25) is 15.5 Å². The van der Waals surface area contributed by atoms with E-state index in [4.69, 9.17) is 17.0 Å². The Hall–Kier alpha value is -2.63. The second kappa shape index (κ2) is 10.1. The number of hydrogen-bond acceptors (Lipinski definition) is 8. The minimum absolute atomic E-state index is 0.0412. The lowest BCUT2D eigenvalue weighted by molar-refractivity contribution is -0.387. The first-order chi connectivity index (χ1) is 13.6. The molecule has 0 amide bonds. The van der Waals surface area contributed by atoms with Crippen molar-refractivity contribution in [2.45, 2.75) is 29.0 Å². The summed E-state index contributed by atoms with van der Waals surface area (Å²) >= 11 is 6.28. The van der Waals surface area contributed by atoms with E-state index >= 15 is 0 Å². The second-order valence-electron chi connectivity index (χ2n) is 5.83. The van der Waals surface area contributed by atoms with E-state index in [9.17, 15) is 10.1 Å². The molecule has 0 aliphatic carbocycles. The third-order valence-corrected chi connectivity index (χ3v) is 5.01. The van der Waals surface area contributed by atoms with E-state index < -0.39 is 4.92 Å². The molecule has 0 radical (unpaired) electrons. The van der Waals surface area contributed by atoms with Crippen LogP contribution in [0.15, 0.2) is 51.8 Å². The summed E-state index contributed by atoms with van der Waals surface area (Å²) in [7, 11) is 0. The maximum atomic E-state index is 11.4. The first-order valence-corrected chi connectivity index (χ1v) is 9.76. The molecular formula is C17H18N6O3S2. The van der Waals surface area contributed by atoms with Gasteiger partial charge in [-0.2, -0.15) is 5.10 Å². The van der Waals surface area contributed by atoms with E-state index in [0.29, 0.717) is 27.3 Å². The van der Waals surface area contributed by atoms with Crippen LogP contribution in [0.3, 0.4) is 0 Å². The van der Waals surface area contributed by atoms with Crippen LogP contribution < -0.4 is 10.7 Å². The average molecular weight is 419 g/mol. The van der Waals surface area contributed by atoms with Crippen LogP contribution in [0.4, 0.5) is 5.69 Å². The SMILES string of the molecule is O=[N+]([O-])c1cc(/C=N\NC(=S)NCC2CCCO2)ccc1Sc1ncccn1. The van der Waals surface area contributed by atoms with Gasteiger partial charge in [0.1, 0.15) is 0 Å². The smallest absolute Gasteiger partial charge is 0.283 e. The molecule has 0 saturated carbocycles. The van der Waals surface area contributed by atoms with E-state index in [1.807, 2.05) is 0 Å². The van der Waals surface area contributed by atoms with Gasteiger partial charge in [0.25, 0.3) is 5.69 Å². The van der Waals surface area contributed by atoms with Crippen molar-refractivity contribution in [3.05, 3.63) is 52.3 Å². The van der Waals surface area contributed by atoms with E-state index in [2.05, 4.69) is 25.8 Å². The van der Waals surface area contributed by atoms with Gasteiger partial charge >= 0.3 is 0 Å². The molecule has 1 atom stereocenters. The highest BCUT2D eigenvalue weighted by atomic mass is 32.2. The van der Waals surface area contributed by atoms with Gasteiger partial charge in [-0.05, 0) is 49.0 Å². The van der Waals surface area contributed by atoms with Crippen LogP contribution in [-0.4, -0.2) is 45.5 Å². The Kier molecular flexibility index (Phi) is 7.23. The Bertz CT molecular complexity index is 859. The summed E-state index contributed by atoms with van der Waals surface area (Å²) in [4.78, 5) is 19.6. The van der Waals surface area contributed by atoms with Crippen LogP contribution in [0, 0.1) is 10.1 Å². The lowest BCUT2D eigenvalue weighted by Crippen LogP contribution is -2.37. The quantitative estimate of drug-likeness (QED) is 0.230. The van der Waals surface area contributed by atoms with Crippen molar-refractivity contribution in [1.82, 2.24) is 20.7 Å². The monoisotopic (exact) mass is 418 g/mol.